The fraction of sp³-hybridized carbons (Fsp3) is 0.714. The third-order valence-electron chi connectivity index (χ3n) is 4.10. The lowest BCUT2D eigenvalue weighted by Crippen LogP contribution is -2.50. The van der Waals surface area contributed by atoms with E-state index in [4.69, 9.17) is 4.74 Å². The molecule has 5 heteroatoms. The van der Waals surface area contributed by atoms with Gasteiger partial charge in [0.05, 0.1) is 18.8 Å². The van der Waals surface area contributed by atoms with Crippen LogP contribution in [-0.4, -0.2) is 48.0 Å². The van der Waals surface area contributed by atoms with Gasteiger partial charge < -0.3 is 9.64 Å². The normalized spacial score (nSPS) is 19.4. The van der Waals surface area contributed by atoms with Gasteiger partial charge in [-0.15, -0.1) is 0 Å². The molecule has 1 aliphatic carbocycles. The summed E-state index contributed by atoms with van der Waals surface area (Å²) in [6.07, 6.45) is 3.19. The van der Waals surface area contributed by atoms with Crippen LogP contribution in [0.25, 0.3) is 0 Å². The number of ether oxygens (including phenoxy) is 1. The van der Waals surface area contributed by atoms with Gasteiger partial charge >= 0.3 is 0 Å². The Kier molecular flexibility index (Phi) is 3.66. The van der Waals surface area contributed by atoms with Crippen molar-refractivity contribution in [2.45, 2.75) is 25.8 Å². The zero-order chi connectivity index (χ0) is 13.2. The standard InChI is InChI=1S/C14H21N3O2/c1-19-6-5-16-8-11(9-16)10-17-14(18)7-12-3-2-4-13(12)15-17/h7,11H,2-6,8-10H2,1H3. The minimum absolute atomic E-state index is 0.0657. The average molecular weight is 263 g/mol. The molecule has 19 heavy (non-hydrogen) atoms. The molecule has 104 valence electrons. The van der Waals surface area contributed by atoms with Gasteiger partial charge in [0.1, 0.15) is 0 Å². The number of likely N-dealkylation sites (tertiary alicyclic amines) is 1. The average Bonchev–Trinajstić information content (AvgIpc) is 2.78. The maximum atomic E-state index is 12.0. The summed E-state index contributed by atoms with van der Waals surface area (Å²) in [5.41, 5.74) is 2.36. The molecule has 1 fully saturated rings. The first-order valence-electron chi connectivity index (χ1n) is 7.07. The predicted molar refractivity (Wildman–Crippen MR) is 72.3 cm³/mol. The molecular formula is C14H21N3O2. The Hall–Kier alpha value is -1.20. The van der Waals surface area contributed by atoms with E-state index in [1.165, 1.54) is 0 Å². The Morgan fingerprint density at radius 2 is 2.26 bits per heavy atom. The fourth-order valence-electron chi connectivity index (χ4n) is 3.01. The van der Waals surface area contributed by atoms with Crippen LogP contribution in [0, 0.1) is 5.92 Å². The van der Waals surface area contributed by atoms with Crippen LogP contribution in [0.3, 0.4) is 0 Å². The molecule has 5 nitrogen and oxygen atoms in total. The number of rotatable bonds is 5. The number of methoxy groups -OCH3 is 1. The monoisotopic (exact) mass is 263 g/mol. The Morgan fingerprint density at radius 3 is 3.05 bits per heavy atom. The lowest BCUT2D eigenvalue weighted by atomic mass is 10.0. The second-order valence-corrected chi connectivity index (χ2v) is 5.61. The number of hydrogen-bond acceptors (Lipinski definition) is 4. The van der Waals surface area contributed by atoms with Crippen molar-refractivity contribution in [3.8, 4) is 0 Å². The van der Waals surface area contributed by atoms with Gasteiger partial charge in [-0.05, 0) is 24.8 Å². The largest absolute Gasteiger partial charge is 0.383 e. The highest BCUT2D eigenvalue weighted by molar-refractivity contribution is 5.22. The van der Waals surface area contributed by atoms with Crippen molar-refractivity contribution in [3.63, 3.8) is 0 Å². The third kappa shape index (κ3) is 2.72. The number of aryl methyl sites for hydroxylation is 2. The van der Waals surface area contributed by atoms with Gasteiger partial charge in [-0.2, -0.15) is 5.10 Å². The molecule has 0 saturated carbocycles. The Bertz CT molecular complexity index is 506. The number of nitrogens with zero attached hydrogens (tertiary/aromatic N) is 3. The van der Waals surface area contributed by atoms with E-state index in [1.807, 2.05) is 0 Å². The summed E-state index contributed by atoms with van der Waals surface area (Å²) in [4.78, 5) is 14.3. The van der Waals surface area contributed by atoms with Crippen LogP contribution in [0.5, 0.6) is 0 Å². The first kappa shape index (κ1) is 12.8. The lowest BCUT2D eigenvalue weighted by Gasteiger charge is -2.39. The number of hydrogen-bond donors (Lipinski definition) is 0. The van der Waals surface area contributed by atoms with Crippen LogP contribution in [-0.2, 0) is 24.1 Å². The smallest absolute Gasteiger partial charge is 0.267 e. The quantitative estimate of drug-likeness (QED) is 0.767. The molecule has 2 aliphatic rings. The third-order valence-corrected chi connectivity index (χ3v) is 4.10. The SMILES string of the molecule is COCCN1CC(Cn2nc3c(cc2=O)CCC3)C1. The van der Waals surface area contributed by atoms with E-state index >= 15 is 0 Å². The van der Waals surface area contributed by atoms with E-state index in [-0.39, 0.29) is 5.56 Å². The molecule has 1 aromatic heterocycles. The second-order valence-electron chi connectivity index (χ2n) is 5.61. The summed E-state index contributed by atoms with van der Waals surface area (Å²) in [6.45, 7) is 4.63. The summed E-state index contributed by atoms with van der Waals surface area (Å²) in [6, 6.07) is 1.79. The second kappa shape index (κ2) is 5.43. The molecule has 0 amide bonds. The molecule has 1 saturated heterocycles. The van der Waals surface area contributed by atoms with Gasteiger partial charge in [0, 0.05) is 38.7 Å². The fourth-order valence-corrected chi connectivity index (χ4v) is 3.01. The summed E-state index contributed by atoms with van der Waals surface area (Å²) in [5.74, 6) is 0.557. The molecule has 2 heterocycles. The highest BCUT2D eigenvalue weighted by Gasteiger charge is 2.27. The molecule has 0 N–H and O–H groups in total. The van der Waals surface area contributed by atoms with E-state index in [2.05, 4.69) is 10.00 Å². The molecule has 0 bridgehead atoms. The van der Waals surface area contributed by atoms with E-state index in [0.29, 0.717) is 5.92 Å². The van der Waals surface area contributed by atoms with Gasteiger partial charge in [-0.3, -0.25) is 4.79 Å². The molecule has 0 atom stereocenters. The van der Waals surface area contributed by atoms with Crippen LogP contribution in [0.2, 0.25) is 0 Å². The summed E-state index contributed by atoms with van der Waals surface area (Å²) >= 11 is 0. The zero-order valence-corrected chi connectivity index (χ0v) is 11.5. The van der Waals surface area contributed by atoms with Crippen LogP contribution in [0.15, 0.2) is 10.9 Å². The van der Waals surface area contributed by atoms with Crippen LogP contribution < -0.4 is 5.56 Å². The maximum Gasteiger partial charge on any atom is 0.267 e. The number of aromatic nitrogens is 2. The van der Waals surface area contributed by atoms with Gasteiger partial charge in [-0.1, -0.05) is 0 Å². The van der Waals surface area contributed by atoms with Crippen molar-refractivity contribution < 1.29 is 4.74 Å². The zero-order valence-electron chi connectivity index (χ0n) is 11.5. The Morgan fingerprint density at radius 1 is 1.42 bits per heavy atom. The Labute approximate surface area is 113 Å². The molecule has 1 aromatic rings. The van der Waals surface area contributed by atoms with Gasteiger partial charge in [0.2, 0.25) is 0 Å². The van der Waals surface area contributed by atoms with Crippen LogP contribution in [0.1, 0.15) is 17.7 Å². The van der Waals surface area contributed by atoms with Crippen LogP contribution in [0.4, 0.5) is 0 Å². The van der Waals surface area contributed by atoms with Crippen molar-refractivity contribution in [2.24, 2.45) is 5.92 Å². The molecule has 3 rings (SSSR count). The van der Waals surface area contributed by atoms with Crippen molar-refractivity contribution in [1.29, 1.82) is 0 Å². The summed E-state index contributed by atoms with van der Waals surface area (Å²) < 4.78 is 6.73. The highest BCUT2D eigenvalue weighted by atomic mass is 16.5. The molecule has 1 aliphatic heterocycles. The van der Waals surface area contributed by atoms with Crippen LogP contribution >= 0.6 is 0 Å². The minimum Gasteiger partial charge on any atom is -0.383 e. The van der Waals surface area contributed by atoms with E-state index in [9.17, 15) is 4.79 Å². The topological polar surface area (TPSA) is 47.4 Å². The molecule has 0 unspecified atom stereocenters. The van der Waals surface area contributed by atoms with Crippen molar-refractivity contribution >= 4 is 0 Å². The molecule has 0 spiro atoms. The van der Waals surface area contributed by atoms with Crippen molar-refractivity contribution in [1.82, 2.24) is 14.7 Å². The van der Waals surface area contributed by atoms with E-state index < -0.39 is 0 Å². The summed E-state index contributed by atoms with van der Waals surface area (Å²) in [7, 11) is 1.73. The molecule has 0 radical (unpaired) electrons. The van der Waals surface area contributed by atoms with Gasteiger partial charge in [-0.25, -0.2) is 4.68 Å². The minimum atomic E-state index is 0.0657. The van der Waals surface area contributed by atoms with Crippen molar-refractivity contribution in [2.75, 3.05) is 33.4 Å². The van der Waals surface area contributed by atoms with E-state index in [1.54, 1.807) is 17.9 Å². The van der Waals surface area contributed by atoms with Crippen molar-refractivity contribution in [3.05, 3.63) is 27.7 Å². The van der Waals surface area contributed by atoms with Gasteiger partial charge in [0.25, 0.3) is 5.56 Å². The summed E-state index contributed by atoms with van der Waals surface area (Å²) in [5, 5.41) is 4.52. The van der Waals surface area contributed by atoms with E-state index in [0.717, 1.165) is 63.3 Å². The lowest BCUT2D eigenvalue weighted by molar-refractivity contribution is 0.0540. The first-order valence-corrected chi connectivity index (χ1v) is 7.07. The van der Waals surface area contributed by atoms with Gasteiger partial charge in [0.15, 0.2) is 0 Å². The number of fused-ring (bicyclic) bond motifs is 1. The first-order chi connectivity index (χ1) is 9.26. The highest BCUT2D eigenvalue weighted by Crippen LogP contribution is 2.19. The molecular weight excluding hydrogens is 242 g/mol. The predicted octanol–water partition coefficient (Wildman–Crippen LogP) is 0.310. The Balaban J connectivity index is 1.58. The maximum absolute atomic E-state index is 12.0. The molecule has 0 aromatic carbocycles.